The van der Waals surface area contributed by atoms with Crippen LogP contribution in [0.5, 0.6) is 0 Å². The molecule has 4 heteroatoms. The molecule has 1 heterocycles. The van der Waals surface area contributed by atoms with E-state index in [0.29, 0.717) is 5.82 Å². The Balaban J connectivity index is 2.42. The van der Waals surface area contributed by atoms with Gasteiger partial charge in [-0.15, -0.1) is 0 Å². The summed E-state index contributed by atoms with van der Waals surface area (Å²) >= 11 is 0. The van der Waals surface area contributed by atoms with Crippen LogP contribution in [-0.2, 0) is 5.41 Å². The lowest BCUT2D eigenvalue weighted by Crippen LogP contribution is -2.34. The zero-order chi connectivity index (χ0) is 14.9. The van der Waals surface area contributed by atoms with Crippen LogP contribution in [0, 0.1) is 12.7 Å². The van der Waals surface area contributed by atoms with Crippen molar-refractivity contribution in [1.29, 1.82) is 0 Å². The summed E-state index contributed by atoms with van der Waals surface area (Å²) in [5.41, 5.74) is 14.8. The molecule has 3 nitrogen and oxygen atoms in total. The number of pyridine rings is 1. The number of aryl methyl sites for hydroxylation is 1. The van der Waals surface area contributed by atoms with Crippen molar-refractivity contribution in [3.8, 4) is 0 Å². The van der Waals surface area contributed by atoms with Gasteiger partial charge in [-0.05, 0) is 36.2 Å². The highest BCUT2D eigenvalue weighted by atomic mass is 19.1. The Labute approximate surface area is 118 Å². The standard InChI is InChI=1S/C16H20FN3/c1-10-8-13(15(19)20-9-10)14(18)16(2,3)11-4-6-12(17)7-5-11/h4-9,14H,18H2,1-3H3,(H2,19,20). The zero-order valence-electron chi connectivity index (χ0n) is 12.0. The molecule has 1 atom stereocenters. The quantitative estimate of drug-likeness (QED) is 0.903. The van der Waals surface area contributed by atoms with Crippen LogP contribution in [-0.4, -0.2) is 4.98 Å². The van der Waals surface area contributed by atoms with E-state index in [2.05, 4.69) is 4.98 Å². The molecule has 0 saturated heterocycles. The Morgan fingerprint density at radius 1 is 1.20 bits per heavy atom. The van der Waals surface area contributed by atoms with Crippen LogP contribution in [0.3, 0.4) is 0 Å². The van der Waals surface area contributed by atoms with E-state index >= 15 is 0 Å². The minimum Gasteiger partial charge on any atom is -0.383 e. The third kappa shape index (κ3) is 2.65. The number of hydrogen-bond acceptors (Lipinski definition) is 3. The summed E-state index contributed by atoms with van der Waals surface area (Å²) in [5, 5.41) is 0. The van der Waals surface area contributed by atoms with Gasteiger partial charge in [0.15, 0.2) is 0 Å². The van der Waals surface area contributed by atoms with Gasteiger partial charge in [-0.3, -0.25) is 0 Å². The second kappa shape index (κ2) is 5.21. The van der Waals surface area contributed by atoms with E-state index in [1.165, 1.54) is 12.1 Å². The number of hydrogen-bond donors (Lipinski definition) is 2. The molecule has 2 rings (SSSR count). The van der Waals surface area contributed by atoms with Gasteiger partial charge in [0.2, 0.25) is 0 Å². The van der Waals surface area contributed by atoms with E-state index in [4.69, 9.17) is 11.5 Å². The fraction of sp³-hybridized carbons (Fsp3) is 0.312. The lowest BCUT2D eigenvalue weighted by molar-refractivity contribution is 0.420. The minimum atomic E-state index is -0.378. The summed E-state index contributed by atoms with van der Waals surface area (Å²) in [5.74, 6) is 0.188. The Bertz CT molecular complexity index is 606. The fourth-order valence-electron chi connectivity index (χ4n) is 2.30. The molecule has 4 N–H and O–H groups in total. The summed E-state index contributed by atoms with van der Waals surface area (Å²) in [7, 11) is 0. The van der Waals surface area contributed by atoms with Crippen molar-refractivity contribution in [3.05, 3.63) is 59.0 Å². The maximum Gasteiger partial charge on any atom is 0.128 e. The van der Waals surface area contributed by atoms with E-state index < -0.39 is 0 Å². The average Bonchev–Trinajstić information content (AvgIpc) is 2.41. The van der Waals surface area contributed by atoms with Crippen molar-refractivity contribution in [2.75, 3.05) is 5.73 Å². The van der Waals surface area contributed by atoms with Crippen molar-refractivity contribution >= 4 is 5.82 Å². The topological polar surface area (TPSA) is 64.9 Å². The van der Waals surface area contributed by atoms with Crippen LogP contribution in [0.2, 0.25) is 0 Å². The van der Waals surface area contributed by atoms with Gasteiger partial charge in [-0.1, -0.05) is 26.0 Å². The summed E-state index contributed by atoms with van der Waals surface area (Å²) in [4.78, 5) is 4.16. The number of anilines is 1. The van der Waals surface area contributed by atoms with Crippen LogP contribution in [0.4, 0.5) is 10.2 Å². The predicted molar refractivity (Wildman–Crippen MR) is 79.7 cm³/mol. The molecule has 20 heavy (non-hydrogen) atoms. The van der Waals surface area contributed by atoms with E-state index in [9.17, 15) is 4.39 Å². The number of nitrogens with two attached hydrogens (primary N) is 2. The average molecular weight is 273 g/mol. The number of halogens is 1. The lowest BCUT2D eigenvalue weighted by Gasteiger charge is -2.33. The first-order valence-corrected chi connectivity index (χ1v) is 6.56. The van der Waals surface area contributed by atoms with Crippen LogP contribution >= 0.6 is 0 Å². The van der Waals surface area contributed by atoms with Crippen molar-refractivity contribution < 1.29 is 4.39 Å². The van der Waals surface area contributed by atoms with Gasteiger partial charge >= 0.3 is 0 Å². The normalized spacial score (nSPS) is 13.2. The maximum absolute atomic E-state index is 13.1. The first-order chi connectivity index (χ1) is 9.32. The van der Waals surface area contributed by atoms with E-state index in [1.807, 2.05) is 26.8 Å². The molecule has 0 aliphatic rings. The molecule has 0 aliphatic heterocycles. The largest absolute Gasteiger partial charge is 0.383 e. The molecule has 0 saturated carbocycles. The van der Waals surface area contributed by atoms with Gasteiger partial charge < -0.3 is 11.5 Å². The van der Waals surface area contributed by atoms with Gasteiger partial charge in [0, 0.05) is 23.2 Å². The predicted octanol–water partition coefficient (Wildman–Crippen LogP) is 3.09. The molecule has 1 unspecified atom stereocenters. The number of rotatable bonds is 3. The highest BCUT2D eigenvalue weighted by Crippen LogP contribution is 2.36. The summed E-state index contributed by atoms with van der Waals surface area (Å²) in [6, 6.07) is 8.05. The molecule has 106 valence electrons. The van der Waals surface area contributed by atoms with E-state index in [0.717, 1.165) is 16.7 Å². The van der Waals surface area contributed by atoms with Crippen molar-refractivity contribution in [3.63, 3.8) is 0 Å². The first-order valence-electron chi connectivity index (χ1n) is 6.56. The number of nitrogen functional groups attached to an aromatic ring is 1. The molecule has 0 aliphatic carbocycles. The van der Waals surface area contributed by atoms with E-state index in [1.54, 1.807) is 18.3 Å². The Hall–Kier alpha value is -1.94. The zero-order valence-corrected chi connectivity index (χ0v) is 12.0. The molecule has 0 fully saturated rings. The third-order valence-electron chi connectivity index (χ3n) is 3.79. The summed E-state index contributed by atoms with van der Waals surface area (Å²) < 4.78 is 13.1. The Morgan fingerprint density at radius 2 is 1.80 bits per heavy atom. The maximum atomic E-state index is 13.1. The molecular weight excluding hydrogens is 253 g/mol. The molecule has 0 spiro atoms. The van der Waals surface area contributed by atoms with Crippen LogP contribution < -0.4 is 11.5 Å². The van der Waals surface area contributed by atoms with Crippen LogP contribution in [0.25, 0.3) is 0 Å². The molecule has 2 aromatic rings. The van der Waals surface area contributed by atoms with Gasteiger partial charge in [-0.25, -0.2) is 9.37 Å². The second-order valence-electron chi connectivity index (χ2n) is 5.69. The Kier molecular flexibility index (Phi) is 3.77. The second-order valence-corrected chi connectivity index (χ2v) is 5.69. The highest BCUT2D eigenvalue weighted by molar-refractivity contribution is 5.45. The molecule has 1 aromatic heterocycles. The minimum absolute atomic E-state index is 0.255. The molecule has 0 bridgehead atoms. The van der Waals surface area contributed by atoms with Gasteiger partial charge in [0.05, 0.1) is 0 Å². The summed E-state index contributed by atoms with van der Waals surface area (Å²) in [6.45, 7) is 5.99. The smallest absolute Gasteiger partial charge is 0.128 e. The molecule has 0 amide bonds. The number of benzene rings is 1. The lowest BCUT2D eigenvalue weighted by atomic mass is 9.75. The third-order valence-corrected chi connectivity index (χ3v) is 3.79. The molecule has 1 aromatic carbocycles. The number of nitrogens with zero attached hydrogens (tertiary/aromatic N) is 1. The monoisotopic (exact) mass is 273 g/mol. The highest BCUT2D eigenvalue weighted by Gasteiger charge is 2.31. The van der Waals surface area contributed by atoms with Crippen LogP contribution in [0.1, 0.15) is 36.6 Å². The molecule has 0 radical (unpaired) electrons. The summed E-state index contributed by atoms with van der Waals surface area (Å²) in [6.07, 6.45) is 1.72. The van der Waals surface area contributed by atoms with Gasteiger partial charge in [0.1, 0.15) is 11.6 Å². The first kappa shape index (κ1) is 14.5. The molecular formula is C16H20FN3. The van der Waals surface area contributed by atoms with E-state index in [-0.39, 0.29) is 17.3 Å². The van der Waals surface area contributed by atoms with Crippen LogP contribution in [0.15, 0.2) is 36.5 Å². The Morgan fingerprint density at radius 3 is 2.40 bits per heavy atom. The van der Waals surface area contributed by atoms with Gasteiger partial charge in [0.25, 0.3) is 0 Å². The fourth-order valence-corrected chi connectivity index (χ4v) is 2.30. The van der Waals surface area contributed by atoms with Crippen molar-refractivity contribution in [1.82, 2.24) is 4.98 Å². The van der Waals surface area contributed by atoms with Crippen molar-refractivity contribution in [2.24, 2.45) is 5.73 Å². The van der Waals surface area contributed by atoms with Crippen molar-refractivity contribution in [2.45, 2.75) is 32.2 Å². The number of aromatic nitrogens is 1. The van der Waals surface area contributed by atoms with Gasteiger partial charge in [-0.2, -0.15) is 0 Å². The SMILES string of the molecule is Cc1cnc(N)c(C(N)C(C)(C)c2ccc(F)cc2)c1.